The molecule has 0 radical (unpaired) electrons. The van der Waals surface area contributed by atoms with Crippen molar-refractivity contribution in [2.45, 2.75) is 45.7 Å². The van der Waals surface area contributed by atoms with Gasteiger partial charge in [-0.25, -0.2) is 4.98 Å². The van der Waals surface area contributed by atoms with E-state index in [0.29, 0.717) is 6.04 Å². The molecule has 1 unspecified atom stereocenters. The predicted molar refractivity (Wildman–Crippen MR) is 86.0 cm³/mol. The Kier molecular flexibility index (Phi) is 4.18. The third kappa shape index (κ3) is 3.10. The first-order chi connectivity index (χ1) is 9.72. The first-order valence-corrected chi connectivity index (χ1v) is 8.36. The Balaban J connectivity index is 1.73. The number of hydrogen-bond acceptors (Lipinski definition) is 3. The van der Waals surface area contributed by atoms with Crippen molar-refractivity contribution in [3.8, 4) is 10.6 Å². The molecular formula is C17H22N2S. The van der Waals surface area contributed by atoms with Gasteiger partial charge in [-0.1, -0.05) is 30.2 Å². The van der Waals surface area contributed by atoms with Gasteiger partial charge in [0.2, 0.25) is 0 Å². The van der Waals surface area contributed by atoms with E-state index in [-0.39, 0.29) is 0 Å². The number of thiazole rings is 1. The van der Waals surface area contributed by atoms with Crippen molar-refractivity contribution in [1.82, 2.24) is 9.88 Å². The van der Waals surface area contributed by atoms with Gasteiger partial charge in [0, 0.05) is 23.5 Å². The third-order valence-electron chi connectivity index (χ3n) is 4.12. The lowest BCUT2D eigenvalue weighted by Gasteiger charge is -2.32. The molecule has 2 heterocycles. The Bertz CT molecular complexity index is 576. The lowest BCUT2D eigenvalue weighted by Crippen LogP contribution is -2.36. The molecule has 1 aromatic heterocycles. The van der Waals surface area contributed by atoms with E-state index >= 15 is 0 Å². The fraction of sp³-hybridized carbons (Fsp3) is 0.471. The van der Waals surface area contributed by atoms with Crippen LogP contribution in [0, 0.1) is 6.92 Å². The van der Waals surface area contributed by atoms with Crippen LogP contribution in [0.1, 0.15) is 37.4 Å². The second kappa shape index (κ2) is 6.06. The topological polar surface area (TPSA) is 16.1 Å². The Labute approximate surface area is 125 Å². The number of piperidine rings is 1. The lowest BCUT2D eigenvalue weighted by molar-refractivity contribution is 0.151. The first-order valence-electron chi connectivity index (χ1n) is 7.48. The summed E-state index contributed by atoms with van der Waals surface area (Å²) in [5, 5.41) is 3.37. The molecule has 3 rings (SSSR count). The highest BCUT2D eigenvalue weighted by Crippen LogP contribution is 2.26. The predicted octanol–water partition coefficient (Wildman–Crippen LogP) is 4.49. The van der Waals surface area contributed by atoms with Crippen molar-refractivity contribution < 1.29 is 0 Å². The van der Waals surface area contributed by atoms with Gasteiger partial charge < -0.3 is 0 Å². The van der Waals surface area contributed by atoms with Crippen molar-refractivity contribution in [1.29, 1.82) is 0 Å². The van der Waals surface area contributed by atoms with Crippen LogP contribution in [0.4, 0.5) is 0 Å². The maximum atomic E-state index is 4.83. The molecule has 0 aliphatic carbocycles. The summed E-state index contributed by atoms with van der Waals surface area (Å²) in [4.78, 5) is 7.40. The van der Waals surface area contributed by atoms with Crippen LogP contribution in [0.2, 0.25) is 0 Å². The second-order valence-corrected chi connectivity index (χ2v) is 6.69. The summed E-state index contributed by atoms with van der Waals surface area (Å²) in [6, 6.07) is 9.31. The Morgan fingerprint density at radius 2 is 2.25 bits per heavy atom. The maximum absolute atomic E-state index is 4.83. The second-order valence-electron chi connectivity index (χ2n) is 5.83. The minimum Gasteiger partial charge on any atom is -0.295 e. The number of benzene rings is 1. The zero-order chi connectivity index (χ0) is 13.9. The fourth-order valence-corrected chi connectivity index (χ4v) is 3.70. The van der Waals surface area contributed by atoms with Crippen LogP contribution in [-0.4, -0.2) is 22.5 Å². The third-order valence-corrected chi connectivity index (χ3v) is 5.06. The molecular weight excluding hydrogens is 264 g/mol. The highest BCUT2D eigenvalue weighted by atomic mass is 32.1. The molecule has 0 saturated carbocycles. The van der Waals surface area contributed by atoms with Crippen LogP contribution in [0.15, 0.2) is 29.6 Å². The van der Waals surface area contributed by atoms with Gasteiger partial charge in [-0.15, -0.1) is 11.3 Å². The molecule has 0 bridgehead atoms. The van der Waals surface area contributed by atoms with E-state index in [1.54, 1.807) is 11.3 Å². The average molecular weight is 286 g/mol. The smallest absolute Gasteiger partial charge is 0.123 e. The van der Waals surface area contributed by atoms with Crippen molar-refractivity contribution >= 4 is 11.3 Å². The zero-order valence-electron chi connectivity index (χ0n) is 12.3. The Hall–Kier alpha value is -1.19. The number of hydrogen-bond donors (Lipinski definition) is 0. The van der Waals surface area contributed by atoms with E-state index in [1.165, 1.54) is 42.6 Å². The molecule has 2 nitrogen and oxygen atoms in total. The number of aryl methyl sites for hydroxylation is 1. The maximum Gasteiger partial charge on any atom is 0.123 e. The Morgan fingerprint density at radius 3 is 3.05 bits per heavy atom. The average Bonchev–Trinajstić information content (AvgIpc) is 2.90. The molecule has 3 heteroatoms. The first kappa shape index (κ1) is 13.8. The lowest BCUT2D eigenvalue weighted by atomic mass is 10.0. The molecule has 1 atom stereocenters. The number of likely N-dealkylation sites (tertiary alicyclic amines) is 1. The summed E-state index contributed by atoms with van der Waals surface area (Å²) in [7, 11) is 0. The van der Waals surface area contributed by atoms with Gasteiger partial charge in [-0.05, 0) is 39.3 Å². The molecule has 20 heavy (non-hydrogen) atoms. The van der Waals surface area contributed by atoms with Crippen molar-refractivity contribution in [3.63, 3.8) is 0 Å². The van der Waals surface area contributed by atoms with Gasteiger partial charge >= 0.3 is 0 Å². The van der Waals surface area contributed by atoms with Gasteiger partial charge in [-0.3, -0.25) is 4.90 Å². The minimum atomic E-state index is 0.702. The standard InChI is InChI=1S/C17H22N2S/c1-13-6-5-8-15(10-13)17-18-16(12-20-17)11-19-9-4-3-7-14(19)2/h5-6,8,10,12,14H,3-4,7,9,11H2,1-2H3. The van der Waals surface area contributed by atoms with Crippen LogP contribution in [0.25, 0.3) is 10.6 Å². The van der Waals surface area contributed by atoms with Gasteiger partial charge in [0.05, 0.1) is 5.69 Å². The number of aromatic nitrogens is 1. The van der Waals surface area contributed by atoms with E-state index in [9.17, 15) is 0 Å². The largest absolute Gasteiger partial charge is 0.295 e. The summed E-state index contributed by atoms with van der Waals surface area (Å²) in [5.41, 5.74) is 3.76. The van der Waals surface area contributed by atoms with Gasteiger partial charge in [-0.2, -0.15) is 0 Å². The van der Waals surface area contributed by atoms with E-state index < -0.39 is 0 Å². The van der Waals surface area contributed by atoms with E-state index in [4.69, 9.17) is 4.98 Å². The quantitative estimate of drug-likeness (QED) is 0.826. The fourth-order valence-electron chi connectivity index (χ4n) is 2.89. The molecule has 1 aliphatic rings. The normalized spacial score (nSPS) is 20.2. The molecule has 1 aliphatic heterocycles. The molecule has 0 N–H and O–H groups in total. The molecule has 1 saturated heterocycles. The molecule has 1 aromatic carbocycles. The summed E-state index contributed by atoms with van der Waals surface area (Å²) in [6.07, 6.45) is 4.04. The molecule has 1 fully saturated rings. The van der Waals surface area contributed by atoms with Crippen LogP contribution in [0.3, 0.4) is 0 Å². The summed E-state index contributed by atoms with van der Waals surface area (Å²) in [5.74, 6) is 0. The number of rotatable bonds is 3. The highest BCUT2D eigenvalue weighted by molar-refractivity contribution is 7.13. The van der Waals surface area contributed by atoms with Gasteiger partial charge in [0.1, 0.15) is 5.01 Å². The summed E-state index contributed by atoms with van der Waals surface area (Å²) >= 11 is 1.76. The van der Waals surface area contributed by atoms with E-state index in [1.807, 2.05) is 0 Å². The zero-order valence-corrected chi connectivity index (χ0v) is 13.1. The SMILES string of the molecule is Cc1cccc(-c2nc(CN3CCCCC3C)cs2)c1. The van der Waals surface area contributed by atoms with Crippen molar-refractivity contribution in [3.05, 3.63) is 40.9 Å². The van der Waals surface area contributed by atoms with Crippen molar-refractivity contribution in [2.75, 3.05) is 6.54 Å². The summed E-state index contributed by atoms with van der Waals surface area (Å²) < 4.78 is 0. The summed E-state index contributed by atoms with van der Waals surface area (Å²) in [6.45, 7) is 6.70. The van der Waals surface area contributed by atoms with Crippen molar-refractivity contribution in [2.24, 2.45) is 0 Å². The number of nitrogens with zero attached hydrogens (tertiary/aromatic N) is 2. The van der Waals surface area contributed by atoms with Gasteiger partial charge in [0.25, 0.3) is 0 Å². The van der Waals surface area contributed by atoms with E-state index in [0.717, 1.165) is 11.6 Å². The van der Waals surface area contributed by atoms with E-state index in [2.05, 4.69) is 48.4 Å². The van der Waals surface area contributed by atoms with Crippen LogP contribution >= 0.6 is 11.3 Å². The molecule has 106 valence electrons. The van der Waals surface area contributed by atoms with Crippen LogP contribution < -0.4 is 0 Å². The van der Waals surface area contributed by atoms with Crippen LogP contribution in [0.5, 0.6) is 0 Å². The Morgan fingerprint density at radius 1 is 1.35 bits per heavy atom. The van der Waals surface area contributed by atoms with Crippen LogP contribution in [-0.2, 0) is 6.54 Å². The monoisotopic (exact) mass is 286 g/mol. The van der Waals surface area contributed by atoms with Gasteiger partial charge in [0.15, 0.2) is 0 Å². The highest BCUT2D eigenvalue weighted by Gasteiger charge is 2.19. The molecule has 2 aromatic rings. The molecule has 0 spiro atoms. The molecule has 0 amide bonds. The minimum absolute atomic E-state index is 0.702.